The third kappa shape index (κ3) is 3.18. The van der Waals surface area contributed by atoms with Crippen LogP contribution in [0.2, 0.25) is 0 Å². The van der Waals surface area contributed by atoms with Crippen LogP contribution < -0.4 is 4.90 Å². The number of aryl methyl sites for hydroxylation is 1. The molecule has 0 saturated carbocycles. The van der Waals surface area contributed by atoms with Crippen molar-refractivity contribution in [3.05, 3.63) is 48.2 Å². The summed E-state index contributed by atoms with van der Waals surface area (Å²) in [6, 6.07) is 4.40. The summed E-state index contributed by atoms with van der Waals surface area (Å²) in [5.41, 5.74) is 3.56. The first kappa shape index (κ1) is 16.4. The van der Waals surface area contributed by atoms with Crippen LogP contribution >= 0.6 is 0 Å². The number of fused-ring (bicyclic) bond motifs is 1. The van der Waals surface area contributed by atoms with Crippen molar-refractivity contribution in [1.82, 2.24) is 29.9 Å². The molecule has 4 heterocycles. The zero-order valence-corrected chi connectivity index (χ0v) is 15.3. The van der Waals surface area contributed by atoms with Gasteiger partial charge >= 0.3 is 0 Å². The van der Waals surface area contributed by atoms with Crippen molar-refractivity contribution < 1.29 is 0 Å². The van der Waals surface area contributed by atoms with Gasteiger partial charge in [-0.05, 0) is 50.7 Å². The van der Waals surface area contributed by atoms with Gasteiger partial charge in [-0.25, -0.2) is 14.6 Å². The Bertz CT molecular complexity index is 908. The number of anilines is 1. The van der Waals surface area contributed by atoms with Crippen molar-refractivity contribution in [2.75, 3.05) is 18.0 Å². The largest absolute Gasteiger partial charge is 0.356 e. The van der Waals surface area contributed by atoms with Gasteiger partial charge in [0.15, 0.2) is 5.82 Å². The molecule has 0 N–H and O–H groups in total. The molecule has 1 atom stereocenters. The summed E-state index contributed by atoms with van der Waals surface area (Å²) < 4.78 is 2.01. The molecule has 0 radical (unpaired) electrons. The zero-order valence-electron chi connectivity index (χ0n) is 15.3. The topological polar surface area (TPSA) is 72.6 Å². The average Bonchev–Trinajstić information content (AvgIpc) is 3.36. The van der Waals surface area contributed by atoms with E-state index in [-0.39, 0.29) is 0 Å². The van der Waals surface area contributed by atoms with E-state index < -0.39 is 0 Å². The molecule has 7 heteroatoms. The standard InChI is InChI=1S/C20H23N7/c1-6-17-18(7-1)23-19(15-4-2-9-21-14-15)24-20(17)26-11-3-5-16(8-12-26)27-13-10-22-25-27/h2,4,9-10,13-14,16H,1,3,5-8,11-12H2. The van der Waals surface area contributed by atoms with Crippen LogP contribution in [0.4, 0.5) is 5.82 Å². The van der Waals surface area contributed by atoms with E-state index in [9.17, 15) is 0 Å². The van der Waals surface area contributed by atoms with E-state index in [1.807, 2.05) is 29.2 Å². The van der Waals surface area contributed by atoms with Crippen LogP contribution in [0.1, 0.15) is 43.0 Å². The van der Waals surface area contributed by atoms with Gasteiger partial charge in [-0.1, -0.05) is 5.21 Å². The predicted octanol–water partition coefficient (Wildman–Crippen LogP) is 2.85. The summed E-state index contributed by atoms with van der Waals surface area (Å²) in [4.78, 5) is 16.6. The van der Waals surface area contributed by atoms with E-state index in [0.717, 1.165) is 62.4 Å². The minimum Gasteiger partial charge on any atom is -0.356 e. The van der Waals surface area contributed by atoms with E-state index in [1.165, 1.54) is 17.7 Å². The molecule has 1 aliphatic heterocycles. The highest BCUT2D eigenvalue weighted by atomic mass is 15.4. The molecule has 138 valence electrons. The van der Waals surface area contributed by atoms with Gasteiger partial charge < -0.3 is 4.90 Å². The summed E-state index contributed by atoms with van der Waals surface area (Å²) >= 11 is 0. The second kappa shape index (κ2) is 7.06. The van der Waals surface area contributed by atoms with E-state index in [0.29, 0.717) is 6.04 Å². The van der Waals surface area contributed by atoms with Crippen molar-refractivity contribution in [3.8, 4) is 11.4 Å². The Morgan fingerprint density at radius 2 is 2.00 bits per heavy atom. The summed E-state index contributed by atoms with van der Waals surface area (Å²) in [7, 11) is 0. The van der Waals surface area contributed by atoms with Crippen LogP contribution in [0, 0.1) is 0 Å². The average molecular weight is 361 g/mol. The third-order valence-electron chi connectivity index (χ3n) is 5.64. The number of pyridine rings is 1. The summed E-state index contributed by atoms with van der Waals surface area (Å²) in [6.07, 6.45) is 14.0. The zero-order chi connectivity index (χ0) is 18.1. The number of hydrogen-bond acceptors (Lipinski definition) is 6. The molecule has 1 saturated heterocycles. The first-order valence-electron chi connectivity index (χ1n) is 9.79. The molecule has 0 spiro atoms. The molecule has 0 aromatic carbocycles. The molecule has 1 aliphatic carbocycles. The third-order valence-corrected chi connectivity index (χ3v) is 5.64. The molecule has 5 rings (SSSR count). The fourth-order valence-electron chi connectivity index (χ4n) is 4.27. The lowest BCUT2D eigenvalue weighted by atomic mass is 10.1. The Labute approximate surface area is 158 Å². The fraction of sp³-hybridized carbons (Fsp3) is 0.450. The predicted molar refractivity (Wildman–Crippen MR) is 102 cm³/mol. The maximum absolute atomic E-state index is 5.01. The van der Waals surface area contributed by atoms with Gasteiger partial charge in [-0.2, -0.15) is 0 Å². The first-order valence-corrected chi connectivity index (χ1v) is 9.79. The molecule has 0 bridgehead atoms. The van der Waals surface area contributed by atoms with Crippen LogP contribution in [0.25, 0.3) is 11.4 Å². The van der Waals surface area contributed by atoms with Crippen LogP contribution in [0.15, 0.2) is 36.9 Å². The Hall–Kier alpha value is -2.83. The molecule has 7 nitrogen and oxygen atoms in total. The highest BCUT2D eigenvalue weighted by molar-refractivity contribution is 5.60. The van der Waals surface area contributed by atoms with Gasteiger partial charge in [0.2, 0.25) is 0 Å². The molecule has 1 unspecified atom stereocenters. The molecule has 2 aliphatic rings. The minimum absolute atomic E-state index is 0.421. The Balaban J connectivity index is 1.46. The van der Waals surface area contributed by atoms with Crippen LogP contribution in [-0.2, 0) is 12.8 Å². The molecule has 1 fully saturated rings. The van der Waals surface area contributed by atoms with E-state index in [4.69, 9.17) is 9.97 Å². The molecule has 27 heavy (non-hydrogen) atoms. The van der Waals surface area contributed by atoms with Crippen molar-refractivity contribution >= 4 is 5.82 Å². The van der Waals surface area contributed by atoms with Gasteiger partial charge in [-0.15, -0.1) is 5.10 Å². The van der Waals surface area contributed by atoms with Crippen LogP contribution in [0.3, 0.4) is 0 Å². The molecule has 3 aromatic rings. The Morgan fingerprint density at radius 3 is 2.85 bits per heavy atom. The van der Waals surface area contributed by atoms with Crippen LogP contribution in [-0.4, -0.2) is 43.0 Å². The number of nitrogens with zero attached hydrogens (tertiary/aromatic N) is 7. The molecular formula is C20H23N7. The maximum Gasteiger partial charge on any atom is 0.163 e. The summed E-state index contributed by atoms with van der Waals surface area (Å²) in [5.74, 6) is 1.94. The SMILES string of the molecule is c1cncc(-c2nc3c(c(N4CCCC(n5ccnn5)CC4)n2)CCC3)c1. The van der Waals surface area contributed by atoms with Gasteiger partial charge in [0.1, 0.15) is 5.82 Å². The van der Waals surface area contributed by atoms with Gasteiger partial charge in [0.05, 0.1) is 12.2 Å². The van der Waals surface area contributed by atoms with Crippen molar-refractivity contribution in [2.45, 2.75) is 44.6 Å². The van der Waals surface area contributed by atoms with Gasteiger partial charge in [0, 0.05) is 48.5 Å². The summed E-state index contributed by atoms with van der Waals surface area (Å²) in [6.45, 7) is 2.02. The maximum atomic E-state index is 5.01. The fourth-order valence-corrected chi connectivity index (χ4v) is 4.27. The number of aromatic nitrogens is 6. The lowest BCUT2D eigenvalue weighted by molar-refractivity contribution is 0.406. The van der Waals surface area contributed by atoms with Crippen LogP contribution in [0.5, 0.6) is 0 Å². The Morgan fingerprint density at radius 1 is 1.00 bits per heavy atom. The second-order valence-corrected chi connectivity index (χ2v) is 7.35. The Kier molecular flexibility index (Phi) is 4.27. The highest BCUT2D eigenvalue weighted by Gasteiger charge is 2.26. The van der Waals surface area contributed by atoms with Gasteiger partial charge in [-0.3, -0.25) is 4.98 Å². The monoisotopic (exact) mass is 361 g/mol. The quantitative estimate of drug-likeness (QED) is 0.714. The van der Waals surface area contributed by atoms with E-state index >= 15 is 0 Å². The van der Waals surface area contributed by atoms with Crippen molar-refractivity contribution in [3.63, 3.8) is 0 Å². The normalized spacial score (nSPS) is 19.7. The van der Waals surface area contributed by atoms with Crippen molar-refractivity contribution in [2.24, 2.45) is 0 Å². The lowest BCUT2D eigenvalue weighted by Gasteiger charge is -2.24. The number of rotatable bonds is 3. The summed E-state index contributed by atoms with van der Waals surface area (Å²) in [5, 5.41) is 8.18. The molecular weight excluding hydrogens is 338 g/mol. The highest BCUT2D eigenvalue weighted by Crippen LogP contribution is 2.33. The smallest absolute Gasteiger partial charge is 0.163 e. The van der Waals surface area contributed by atoms with Crippen molar-refractivity contribution in [1.29, 1.82) is 0 Å². The molecule has 0 amide bonds. The first-order chi connectivity index (χ1) is 13.4. The van der Waals surface area contributed by atoms with E-state index in [2.05, 4.69) is 20.2 Å². The van der Waals surface area contributed by atoms with Gasteiger partial charge in [0.25, 0.3) is 0 Å². The molecule has 3 aromatic heterocycles. The number of hydrogen-bond donors (Lipinski definition) is 0. The van der Waals surface area contributed by atoms with E-state index in [1.54, 1.807) is 12.4 Å². The second-order valence-electron chi connectivity index (χ2n) is 7.35. The minimum atomic E-state index is 0.421. The lowest BCUT2D eigenvalue weighted by Crippen LogP contribution is -2.27.